The van der Waals surface area contributed by atoms with Crippen LogP contribution in [0.4, 0.5) is 5.69 Å². The lowest BCUT2D eigenvalue weighted by molar-refractivity contribution is -0.136. The Morgan fingerprint density at radius 1 is 1.05 bits per heavy atom. The minimum atomic E-state index is -0.754. The van der Waals surface area contributed by atoms with Crippen LogP contribution >= 0.6 is 0 Å². The summed E-state index contributed by atoms with van der Waals surface area (Å²) >= 11 is 0. The van der Waals surface area contributed by atoms with Crippen LogP contribution in [-0.4, -0.2) is 49.7 Å². The Balaban J connectivity index is 2.83. The minimum Gasteiger partial charge on any atom is -0.481 e. The van der Waals surface area contributed by atoms with Crippen LogP contribution < -0.4 is 4.90 Å². The first-order chi connectivity index (χ1) is 9.70. The molecule has 0 saturated carbocycles. The summed E-state index contributed by atoms with van der Waals surface area (Å²) < 4.78 is 0. The molecule has 4 heteroatoms. The monoisotopic (exact) mass is 292 g/mol. The Labute approximate surface area is 128 Å². The van der Waals surface area contributed by atoms with Crippen LogP contribution in [0, 0.1) is 0 Å². The van der Waals surface area contributed by atoms with Gasteiger partial charge in [-0.15, -0.1) is 0 Å². The normalized spacial score (nSPS) is 11.7. The van der Waals surface area contributed by atoms with Crippen LogP contribution in [0.15, 0.2) is 24.3 Å². The van der Waals surface area contributed by atoms with Crippen molar-refractivity contribution in [3.8, 4) is 0 Å². The van der Waals surface area contributed by atoms with Gasteiger partial charge in [0.15, 0.2) is 0 Å². The van der Waals surface area contributed by atoms with Gasteiger partial charge in [0.05, 0.1) is 6.42 Å². The molecule has 21 heavy (non-hydrogen) atoms. The molecule has 1 N–H and O–H groups in total. The molecule has 0 unspecified atom stereocenters. The van der Waals surface area contributed by atoms with Gasteiger partial charge in [0.1, 0.15) is 0 Å². The van der Waals surface area contributed by atoms with Gasteiger partial charge in [-0.25, -0.2) is 0 Å². The molecule has 1 aromatic rings. The average Bonchev–Trinajstić information content (AvgIpc) is 2.37. The van der Waals surface area contributed by atoms with Crippen LogP contribution in [0.3, 0.4) is 0 Å². The van der Waals surface area contributed by atoms with E-state index in [0.717, 1.165) is 18.8 Å². The van der Waals surface area contributed by atoms with Gasteiger partial charge in [-0.3, -0.25) is 4.79 Å². The Bertz CT molecular complexity index is 447. The molecule has 118 valence electrons. The summed E-state index contributed by atoms with van der Waals surface area (Å²) in [7, 11) is 4.05. The van der Waals surface area contributed by atoms with E-state index in [-0.39, 0.29) is 11.8 Å². The van der Waals surface area contributed by atoms with Gasteiger partial charge in [-0.1, -0.05) is 32.9 Å². The molecule has 0 atom stereocenters. The summed E-state index contributed by atoms with van der Waals surface area (Å²) in [5.74, 6) is -0.754. The molecule has 0 fully saturated rings. The van der Waals surface area contributed by atoms with Gasteiger partial charge < -0.3 is 14.9 Å². The number of benzene rings is 1. The van der Waals surface area contributed by atoms with Crippen LogP contribution in [-0.2, 0) is 10.2 Å². The van der Waals surface area contributed by atoms with Crippen LogP contribution in [0.1, 0.15) is 32.8 Å². The first-order valence-corrected chi connectivity index (χ1v) is 7.42. The van der Waals surface area contributed by atoms with Crippen molar-refractivity contribution >= 4 is 11.7 Å². The molecule has 4 nitrogen and oxygen atoms in total. The third kappa shape index (κ3) is 6.17. The van der Waals surface area contributed by atoms with Crippen molar-refractivity contribution in [3.05, 3.63) is 29.8 Å². The number of carbonyl (C=O) groups is 1. The van der Waals surface area contributed by atoms with Gasteiger partial charge >= 0.3 is 5.97 Å². The lowest BCUT2D eigenvalue weighted by Crippen LogP contribution is -2.33. The maximum absolute atomic E-state index is 10.8. The molecule has 1 rings (SSSR count). The maximum atomic E-state index is 10.8. The zero-order chi connectivity index (χ0) is 16.0. The van der Waals surface area contributed by atoms with Crippen LogP contribution in [0.5, 0.6) is 0 Å². The number of aliphatic carboxylic acids is 1. The zero-order valence-electron chi connectivity index (χ0n) is 13.9. The molecule has 1 aromatic carbocycles. The van der Waals surface area contributed by atoms with Gasteiger partial charge in [-0.2, -0.15) is 0 Å². The van der Waals surface area contributed by atoms with Gasteiger partial charge in [0.25, 0.3) is 0 Å². The Hall–Kier alpha value is -1.55. The number of rotatable bonds is 7. The smallest absolute Gasteiger partial charge is 0.305 e. The van der Waals surface area contributed by atoms with E-state index in [1.165, 1.54) is 5.56 Å². The molecule has 0 radical (unpaired) electrons. The molecule has 0 aromatic heterocycles. The predicted molar refractivity (Wildman–Crippen MR) is 88.2 cm³/mol. The number of anilines is 1. The molecule has 0 aliphatic heterocycles. The van der Waals surface area contributed by atoms with Crippen molar-refractivity contribution in [3.63, 3.8) is 0 Å². The van der Waals surface area contributed by atoms with Crippen LogP contribution in [0.2, 0.25) is 0 Å². The highest BCUT2D eigenvalue weighted by Crippen LogP contribution is 2.25. The maximum Gasteiger partial charge on any atom is 0.305 e. The third-order valence-corrected chi connectivity index (χ3v) is 3.51. The summed E-state index contributed by atoms with van der Waals surface area (Å²) in [6.45, 7) is 8.84. The number of hydrogen-bond donors (Lipinski definition) is 1. The van der Waals surface area contributed by atoms with Crippen molar-refractivity contribution in [2.45, 2.75) is 32.6 Å². The second-order valence-electron chi connectivity index (χ2n) is 6.73. The lowest BCUT2D eigenvalue weighted by atomic mass is 9.87. The summed E-state index contributed by atoms with van der Waals surface area (Å²) in [6.07, 6.45) is 0.161. The van der Waals surface area contributed by atoms with Gasteiger partial charge in [0.2, 0.25) is 0 Å². The minimum absolute atomic E-state index is 0.133. The van der Waals surface area contributed by atoms with Crippen molar-refractivity contribution in [1.29, 1.82) is 0 Å². The first-order valence-electron chi connectivity index (χ1n) is 7.42. The molecule has 0 spiro atoms. The number of nitrogens with zero attached hydrogens (tertiary/aromatic N) is 2. The van der Waals surface area contributed by atoms with E-state index >= 15 is 0 Å². The van der Waals surface area contributed by atoms with Crippen molar-refractivity contribution in [2.24, 2.45) is 0 Å². The fraction of sp³-hybridized carbons (Fsp3) is 0.588. The third-order valence-electron chi connectivity index (χ3n) is 3.51. The van der Waals surface area contributed by atoms with E-state index in [1.807, 2.05) is 14.1 Å². The van der Waals surface area contributed by atoms with E-state index in [2.05, 4.69) is 54.8 Å². The number of carboxylic acid groups (broad SMARTS) is 1. The van der Waals surface area contributed by atoms with E-state index in [9.17, 15) is 4.79 Å². The highest BCUT2D eigenvalue weighted by atomic mass is 16.4. The molecule has 0 saturated heterocycles. The largest absolute Gasteiger partial charge is 0.481 e. The number of hydrogen-bond acceptors (Lipinski definition) is 3. The highest BCUT2D eigenvalue weighted by molar-refractivity contribution is 5.67. The summed E-state index contributed by atoms with van der Waals surface area (Å²) in [5, 5.41) is 8.90. The van der Waals surface area contributed by atoms with Gasteiger partial charge in [0, 0.05) is 25.3 Å². The zero-order valence-corrected chi connectivity index (χ0v) is 13.9. The fourth-order valence-electron chi connectivity index (χ4n) is 2.09. The van der Waals surface area contributed by atoms with Crippen LogP contribution in [0.25, 0.3) is 0 Å². The molecule has 0 heterocycles. The molecule has 0 aliphatic carbocycles. The van der Waals surface area contributed by atoms with Crippen molar-refractivity contribution in [2.75, 3.05) is 38.6 Å². The first kappa shape index (κ1) is 17.5. The topological polar surface area (TPSA) is 43.8 Å². The quantitative estimate of drug-likeness (QED) is 0.839. The summed E-state index contributed by atoms with van der Waals surface area (Å²) in [6, 6.07) is 8.47. The van der Waals surface area contributed by atoms with Crippen molar-refractivity contribution in [1.82, 2.24) is 4.90 Å². The van der Waals surface area contributed by atoms with Crippen molar-refractivity contribution < 1.29 is 9.90 Å². The Morgan fingerprint density at radius 2 is 1.62 bits per heavy atom. The Morgan fingerprint density at radius 3 is 2.05 bits per heavy atom. The predicted octanol–water partition coefficient (Wildman–Crippen LogP) is 2.83. The highest BCUT2D eigenvalue weighted by Gasteiger charge is 2.14. The van der Waals surface area contributed by atoms with E-state index in [1.54, 1.807) is 0 Å². The molecule has 0 amide bonds. The molecular weight excluding hydrogens is 264 g/mol. The number of carboxylic acids is 1. The lowest BCUT2D eigenvalue weighted by Gasteiger charge is -2.27. The fourth-order valence-corrected chi connectivity index (χ4v) is 2.09. The average molecular weight is 292 g/mol. The number of likely N-dealkylation sites (N-methyl/N-ethyl adjacent to an activating group) is 1. The van der Waals surface area contributed by atoms with E-state index in [4.69, 9.17) is 5.11 Å². The Kier molecular flexibility index (Phi) is 6.21. The van der Waals surface area contributed by atoms with Gasteiger partial charge in [-0.05, 0) is 37.2 Å². The molecule has 0 aliphatic rings. The second-order valence-corrected chi connectivity index (χ2v) is 6.73. The summed E-state index contributed by atoms with van der Waals surface area (Å²) in [4.78, 5) is 15.1. The van der Waals surface area contributed by atoms with E-state index in [0.29, 0.717) is 6.54 Å². The second kappa shape index (κ2) is 7.46. The standard InChI is InChI=1S/C17H28N2O2/c1-17(2,3)14-6-8-15(9-7-14)19(11-10-16(20)21)13-12-18(4)5/h6-9H,10-13H2,1-5H3,(H,20,21). The van der Waals surface area contributed by atoms with E-state index < -0.39 is 5.97 Å². The SMILES string of the molecule is CN(C)CCN(CCC(=O)O)c1ccc(C(C)(C)C)cc1. The molecule has 0 bridgehead atoms. The summed E-state index contributed by atoms with van der Waals surface area (Å²) in [5.41, 5.74) is 2.51. The molecular formula is C17H28N2O2.